The number of ether oxygens (including phenoxy) is 2. The van der Waals surface area contributed by atoms with Crippen molar-refractivity contribution in [3.05, 3.63) is 95.6 Å². The van der Waals surface area contributed by atoms with E-state index in [1.54, 1.807) is 13.3 Å². The fourth-order valence-corrected chi connectivity index (χ4v) is 4.15. The molecule has 3 aromatic carbocycles. The highest BCUT2D eigenvalue weighted by Crippen LogP contribution is 2.28. The second-order valence-electron chi connectivity index (χ2n) is 7.12. The Hall–Kier alpha value is -3.58. The van der Waals surface area contributed by atoms with Crippen molar-refractivity contribution < 1.29 is 14.3 Å². The second kappa shape index (κ2) is 10.6. The van der Waals surface area contributed by atoms with Crippen LogP contribution in [0.3, 0.4) is 0 Å². The number of nitrogens with zero attached hydrogens (tertiary/aromatic N) is 2. The number of methoxy groups -OCH3 is 1. The molecule has 0 aromatic heterocycles. The van der Waals surface area contributed by atoms with Crippen LogP contribution in [0.1, 0.15) is 16.7 Å². The molecule has 3 aromatic rings. The van der Waals surface area contributed by atoms with Crippen LogP contribution in [0.15, 0.2) is 89.1 Å². The van der Waals surface area contributed by atoms with E-state index in [1.807, 2.05) is 78.9 Å². The largest absolute Gasteiger partial charge is 0.493 e. The third kappa shape index (κ3) is 5.76. The first-order valence-electron chi connectivity index (χ1n) is 10.2. The Balaban J connectivity index is 1.36. The normalized spacial score (nSPS) is 17.0. The highest BCUT2D eigenvalue weighted by atomic mass is 32.2. The molecule has 1 saturated heterocycles. The van der Waals surface area contributed by atoms with Crippen molar-refractivity contribution in [2.24, 2.45) is 10.2 Å². The lowest BCUT2D eigenvalue weighted by molar-refractivity contribution is -0.118. The van der Waals surface area contributed by atoms with Gasteiger partial charge in [0.25, 0.3) is 0 Å². The Bertz CT molecular complexity index is 1120. The maximum Gasteiger partial charge on any atom is 0.239 e. The molecule has 4 rings (SSSR count). The van der Waals surface area contributed by atoms with Crippen LogP contribution in [0.2, 0.25) is 0 Å². The van der Waals surface area contributed by atoms with E-state index in [0.29, 0.717) is 29.7 Å². The summed E-state index contributed by atoms with van der Waals surface area (Å²) < 4.78 is 11.3. The molecule has 0 bridgehead atoms. The van der Waals surface area contributed by atoms with Gasteiger partial charge in [-0.1, -0.05) is 72.4 Å². The number of rotatable bonds is 8. The van der Waals surface area contributed by atoms with Gasteiger partial charge in [-0.3, -0.25) is 4.79 Å². The lowest BCUT2D eigenvalue weighted by Gasteiger charge is -2.11. The Morgan fingerprint density at radius 1 is 0.969 bits per heavy atom. The maximum absolute atomic E-state index is 12.2. The van der Waals surface area contributed by atoms with Crippen molar-refractivity contribution in [1.82, 2.24) is 5.32 Å². The van der Waals surface area contributed by atoms with Gasteiger partial charge in [0, 0.05) is 0 Å². The number of amidine groups is 1. The summed E-state index contributed by atoms with van der Waals surface area (Å²) in [6, 6.07) is 25.4. The summed E-state index contributed by atoms with van der Waals surface area (Å²) in [6.45, 7) is 0.458. The van der Waals surface area contributed by atoms with E-state index in [0.717, 1.165) is 16.7 Å². The van der Waals surface area contributed by atoms with Gasteiger partial charge in [-0.05, 0) is 41.3 Å². The van der Waals surface area contributed by atoms with Crippen molar-refractivity contribution in [1.29, 1.82) is 0 Å². The third-order valence-corrected chi connectivity index (χ3v) is 5.89. The Morgan fingerprint density at radius 2 is 1.69 bits per heavy atom. The zero-order chi connectivity index (χ0) is 22.2. The van der Waals surface area contributed by atoms with Crippen molar-refractivity contribution in [3.63, 3.8) is 0 Å². The van der Waals surface area contributed by atoms with Crippen LogP contribution in [0.25, 0.3) is 0 Å². The Kier molecular flexibility index (Phi) is 7.19. The van der Waals surface area contributed by atoms with E-state index in [1.165, 1.54) is 11.8 Å². The van der Waals surface area contributed by atoms with Crippen LogP contribution in [0.5, 0.6) is 11.5 Å². The van der Waals surface area contributed by atoms with Gasteiger partial charge in [0.05, 0.1) is 18.6 Å². The first kappa shape index (κ1) is 21.6. The molecule has 1 aliphatic rings. The van der Waals surface area contributed by atoms with Crippen LogP contribution in [-0.2, 0) is 17.8 Å². The van der Waals surface area contributed by atoms with Crippen LogP contribution in [0, 0.1) is 0 Å². The van der Waals surface area contributed by atoms with Crippen LogP contribution < -0.4 is 14.8 Å². The number of carbonyl (C=O) groups is 1. The summed E-state index contributed by atoms with van der Waals surface area (Å²) in [4.78, 5) is 12.2. The number of benzene rings is 3. The van der Waals surface area contributed by atoms with E-state index >= 15 is 0 Å². The molecule has 1 fully saturated rings. The second-order valence-corrected chi connectivity index (χ2v) is 8.31. The molecular formula is C25H23N3O3S. The van der Waals surface area contributed by atoms with Gasteiger partial charge >= 0.3 is 0 Å². The van der Waals surface area contributed by atoms with E-state index < -0.39 is 0 Å². The summed E-state index contributed by atoms with van der Waals surface area (Å²) in [7, 11) is 1.60. The van der Waals surface area contributed by atoms with Crippen LogP contribution in [0.4, 0.5) is 0 Å². The van der Waals surface area contributed by atoms with Crippen molar-refractivity contribution in [2.75, 3.05) is 7.11 Å². The third-order valence-electron chi connectivity index (χ3n) is 4.82. The average Bonchev–Trinajstić information content (AvgIpc) is 3.18. The van der Waals surface area contributed by atoms with Crippen LogP contribution in [-0.4, -0.2) is 29.6 Å². The summed E-state index contributed by atoms with van der Waals surface area (Å²) >= 11 is 1.39. The molecule has 1 N–H and O–H groups in total. The number of hydrogen-bond donors (Lipinski definition) is 1. The highest BCUT2D eigenvalue weighted by molar-refractivity contribution is 8.15. The highest BCUT2D eigenvalue weighted by Gasteiger charge is 2.30. The number of hydrogen-bond acceptors (Lipinski definition) is 6. The average molecular weight is 446 g/mol. The number of amides is 1. The molecule has 6 nitrogen and oxygen atoms in total. The zero-order valence-corrected chi connectivity index (χ0v) is 18.4. The van der Waals surface area contributed by atoms with E-state index in [-0.39, 0.29) is 11.2 Å². The molecule has 1 atom stereocenters. The molecule has 1 heterocycles. The summed E-state index contributed by atoms with van der Waals surface area (Å²) in [5.41, 5.74) is 3.01. The van der Waals surface area contributed by atoms with E-state index in [4.69, 9.17) is 9.47 Å². The quantitative estimate of drug-likeness (QED) is 0.411. The monoisotopic (exact) mass is 445 g/mol. The Morgan fingerprint density at radius 3 is 2.41 bits per heavy atom. The zero-order valence-electron chi connectivity index (χ0n) is 17.6. The SMILES string of the molecule is COc1cc(/C=N\N=C2/NC(=O)[C@H](Cc3ccccc3)S2)ccc1OCc1ccccc1. The molecular weight excluding hydrogens is 422 g/mol. The van der Waals surface area contributed by atoms with Crippen LogP contribution >= 0.6 is 11.8 Å². The van der Waals surface area contributed by atoms with Gasteiger partial charge in [-0.15, -0.1) is 5.10 Å². The van der Waals surface area contributed by atoms with E-state index in [2.05, 4.69) is 15.5 Å². The molecule has 0 unspecified atom stereocenters. The predicted octanol–water partition coefficient (Wildman–Crippen LogP) is 4.44. The minimum absolute atomic E-state index is 0.0469. The molecule has 0 spiro atoms. The van der Waals surface area contributed by atoms with Crippen molar-refractivity contribution in [3.8, 4) is 11.5 Å². The number of thioether (sulfide) groups is 1. The fraction of sp³-hybridized carbons (Fsp3) is 0.160. The predicted molar refractivity (Wildman–Crippen MR) is 128 cm³/mol. The molecule has 0 saturated carbocycles. The topological polar surface area (TPSA) is 72.3 Å². The molecule has 7 heteroatoms. The van der Waals surface area contributed by atoms with Crippen molar-refractivity contribution in [2.45, 2.75) is 18.3 Å². The van der Waals surface area contributed by atoms with Gasteiger partial charge in [-0.2, -0.15) is 5.10 Å². The summed E-state index contributed by atoms with van der Waals surface area (Å²) in [6.07, 6.45) is 2.27. The lowest BCUT2D eigenvalue weighted by atomic mass is 10.1. The molecule has 0 aliphatic carbocycles. The summed E-state index contributed by atoms with van der Waals surface area (Å²) in [5, 5.41) is 11.4. The van der Waals surface area contributed by atoms with Gasteiger partial charge in [-0.25, -0.2) is 0 Å². The standard InChI is InChI=1S/C25H23N3O3S/c1-30-22-14-20(12-13-21(22)31-17-19-10-6-3-7-11-19)16-26-28-25-27-24(29)23(32-25)15-18-8-4-2-5-9-18/h2-14,16,23H,15,17H2,1H3,(H,27,28,29)/b26-16-/t23-/m0/s1. The molecule has 32 heavy (non-hydrogen) atoms. The smallest absolute Gasteiger partial charge is 0.239 e. The van der Waals surface area contributed by atoms with Gasteiger partial charge in [0.15, 0.2) is 16.7 Å². The first-order chi connectivity index (χ1) is 15.7. The summed E-state index contributed by atoms with van der Waals surface area (Å²) in [5.74, 6) is 1.22. The molecule has 1 amide bonds. The first-order valence-corrected chi connectivity index (χ1v) is 11.1. The van der Waals surface area contributed by atoms with Gasteiger partial charge in [0.1, 0.15) is 6.61 Å². The number of carbonyl (C=O) groups excluding carboxylic acids is 1. The minimum atomic E-state index is -0.201. The Labute approximate surface area is 191 Å². The molecule has 162 valence electrons. The van der Waals surface area contributed by atoms with Gasteiger partial charge in [0.2, 0.25) is 5.91 Å². The fourth-order valence-electron chi connectivity index (χ4n) is 3.18. The molecule has 0 radical (unpaired) electrons. The maximum atomic E-state index is 12.2. The van der Waals surface area contributed by atoms with Gasteiger partial charge < -0.3 is 14.8 Å². The lowest BCUT2D eigenvalue weighted by Crippen LogP contribution is -2.25. The molecule has 1 aliphatic heterocycles. The minimum Gasteiger partial charge on any atom is -0.493 e. The number of nitrogens with one attached hydrogen (secondary N) is 1. The van der Waals surface area contributed by atoms with E-state index in [9.17, 15) is 4.79 Å². The van der Waals surface area contributed by atoms with Crippen molar-refractivity contribution >= 4 is 29.1 Å².